The first-order valence-electron chi connectivity index (χ1n) is 8.46. The van der Waals surface area contributed by atoms with Crippen molar-refractivity contribution >= 4 is 5.69 Å². The number of aryl methyl sites for hydroxylation is 1. The predicted molar refractivity (Wildman–Crippen MR) is 88.1 cm³/mol. The fraction of sp³-hybridized carbons (Fsp3) is 0.667. The maximum atomic E-state index is 6.18. The molecule has 0 aromatic heterocycles. The normalized spacial score (nSPS) is 23.5. The Morgan fingerprint density at radius 3 is 2.76 bits per heavy atom. The van der Waals surface area contributed by atoms with E-state index in [-0.39, 0.29) is 0 Å². The van der Waals surface area contributed by atoms with E-state index in [1.807, 2.05) is 0 Å². The molecule has 2 fully saturated rings. The van der Waals surface area contributed by atoms with Crippen molar-refractivity contribution < 1.29 is 4.74 Å². The zero-order valence-electron chi connectivity index (χ0n) is 13.2. The van der Waals surface area contributed by atoms with Gasteiger partial charge in [0.2, 0.25) is 0 Å². The zero-order valence-corrected chi connectivity index (χ0v) is 13.2. The number of anilines is 1. The highest BCUT2D eigenvalue weighted by Crippen LogP contribution is 2.33. The predicted octanol–water partition coefficient (Wildman–Crippen LogP) is 3.49. The van der Waals surface area contributed by atoms with Crippen LogP contribution in [-0.4, -0.2) is 25.7 Å². The van der Waals surface area contributed by atoms with E-state index in [2.05, 4.69) is 30.0 Å². The number of hydrogen-bond acceptors (Lipinski definition) is 3. The lowest BCUT2D eigenvalue weighted by Crippen LogP contribution is -2.43. The van der Waals surface area contributed by atoms with Gasteiger partial charge >= 0.3 is 0 Å². The van der Waals surface area contributed by atoms with E-state index in [9.17, 15) is 0 Å². The number of rotatable bonds is 4. The van der Waals surface area contributed by atoms with Crippen molar-refractivity contribution in [2.45, 2.75) is 51.5 Å². The third-order valence-electron chi connectivity index (χ3n) is 4.86. The van der Waals surface area contributed by atoms with Crippen LogP contribution in [0.5, 0.6) is 5.75 Å². The van der Waals surface area contributed by atoms with Crippen LogP contribution in [0.1, 0.15) is 44.1 Å². The lowest BCUT2D eigenvalue weighted by molar-refractivity contribution is 0.252. The summed E-state index contributed by atoms with van der Waals surface area (Å²) >= 11 is 0. The summed E-state index contributed by atoms with van der Waals surface area (Å²) in [6.07, 6.45) is 7.72. The maximum Gasteiger partial charge on any atom is 0.142 e. The lowest BCUT2D eigenvalue weighted by Gasteiger charge is -2.34. The van der Waals surface area contributed by atoms with Crippen LogP contribution < -0.4 is 15.4 Å². The summed E-state index contributed by atoms with van der Waals surface area (Å²) in [7, 11) is 0. The third kappa shape index (κ3) is 3.70. The first kappa shape index (κ1) is 14.7. The van der Waals surface area contributed by atoms with Gasteiger partial charge in [0.15, 0.2) is 0 Å². The Labute approximate surface area is 128 Å². The second-order valence-corrected chi connectivity index (χ2v) is 6.78. The summed E-state index contributed by atoms with van der Waals surface area (Å²) in [5.74, 6) is 1.80. The quantitative estimate of drug-likeness (QED) is 0.921. The van der Waals surface area contributed by atoms with Gasteiger partial charge in [0.05, 0.1) is 12.3 Å². The summed E-state index contributed by atoms with van der Waals surface area (Å²) in [5, 5.41) is 0. The van der Waals surface area contributed by atoms with Gasteiger partial charge in [-0.1, -0.05) is 18.9 Å². The van der Waals surface area contributed by atoms with Crippen LogP contribution in [0, 0.1) is 12.8 Å². The number of nitrogens with zero attached hydrogens (tertiary/aromatic N) is 1. The molecule has 1 aromatic carbocycles. The van der Waals surface area contributed by atoms with Crippen molar-refractivity contribution in [1.82, 2.24) is 0 Å². The second-order valence-electron chi connectivity index (χ2n) is 6.78. The van der Waals surface area contributed by atoms with Gasteiger partial charge in [-0.25, -0.2) is 0 Å². The molecule has 1 saturated carbocycles. The Balaban J connectivity index is 1.72. The van der Waals surface area contributed by atoms with Crippen molar-refractivity contribution in [3.63, 3.8) is 0 Å². The largest absolute Gasteiger partial charge is 0.491 e. The standard InChI is InChI=1S/C18H28N2O/c1-14-8-9-18(21-13-15-5-2-3-6-15)17(11-14)20-10-4-7-16(19)12-20/h8-9,11,15-16H,2-7,10,12-13,19H2,1H3. The molecule has 0 amide bonds. The van der Waals surface area contributed by atoms with E-state index in [1.54, 1.807) is 0 Å². The number of piperidine rings is 1. The first-order valence-corrected chi connectivity index (χ1v) is 8.46. The Morgan fingerprint density at radius 2 is 2.00 bits per heavy atom. The summed E-state index contributed by atoms with van der Waals surface area (Å²) in [6, 6.07) is 6.83. The minimum Gasteiger partial charge on any atom is -0.491 e. The van der Waals surface area contributed by atoms with Gasteiger partial charge in [-0.15, -0.1) is 0 Å². The van der Waals surface area contributed by atoms with Crippen LogP contribution in [0.2, 0.25) is 0 Å². The van der Waals surface area contributed by atoms with Crippen molar-refractivity contribution in [2.24, 2.45) is 11.7 Å². The Hall–Kier alpha value is -1.22. The molecule has 0 spiro atoms. The summed E-state index contributed by atoms with van der Waals surface area (Å²) in [4.78, 5) is 2.41. The Bertz CT molecular complexity index is 468. The SMILES string of the molecule is Cc1ccc(OCC2CCCC2)c(N2CCCC(N)C2)c1. The molecular weight excluding hydrogens is 260 g/mol. The van der Waals surface area contributed by atoms with Crippen molar-refractivity contribution in [2.75, 3.05) is 24.6 Å². The average molecular weight is 288 g/mol. The van der Waals surface area contributed by atoms with Gasteiger partial charge in [-0.3, -0.25) is 0 Å². The van der Waals surface area contributed by atoms with Gasteiger partial charge < -0.3 is 15.4 Å². The number of nitrogens with two attached hydrogens (primary N) is 1. The molecule has 21 heavy (non-hydrogen) atoms. The molecular formula is C18H28N2O. The molecule has 0 radical (unpaired) electrons. The highest BCUT2D eigenvalue weighted by molar-refractivity contribution is 5.60. The van der Waals surface area contributed by atoms with E-state index < -0.39 is 0 Å². The summed E-state index contributed by atoms with van der Waals surface area (Å²) in [5.41, 5.74) is 8.67. The number of benzene rings is 1. The van der Waals surface area contributed by atoms with E-state index >= 15 is 0 Å². The molecule has 0 bridgehead atoms. The lowest BCUT2D eigenvalue weighted by atomic mass is 10.0. The molecule has 1 aliphatic carbocycles. The van der Waals surface area contributed by atoms with Crippen LogP contribution >= 0.6 is 0 Å². The van der Waals surface area contributed by atoms with E-state index in [0.29, 0.717) is 6.04 Å². The van der Waals surface area contributed by atoms with Gasteiger partial charge in [0.25, 0.3) is 0 Å². The fourth-order valence-corrected chi connectivity index (χ4v) is 3.61. The molecule has 1 saturated heterocycles. The number of ether oxygens (including phenoxy) is 1. The van der Waals surface area contributed by atoms with Crippen LogP contribution in [0.15, 0.2) is 18.2 Å². The summed E-state index contributed by atoms with van der Waals surface area (Å²) < 4.78 is 6.18. The fourth-order valence-electron chi connectivity index (χ4n) is 3.61. The minimum atomic E-state index is 0.293. The highest BCUT2D eigenvalue weighted by Gasteiger charge is 2.21. The van der Waals surface area contributed by atoms with Crippen molar-refractivity contribution in [1.29, 1.82) is 0 Å². The monoisotopic (exact) mass is 288 g/mol. The van der Waals surface area contributed by atoms with Gasteiger partial charge in [-0.05, 0) is 56.2 Å². The van der Waals surface area contributed by atoms with Gasteiger partial charge in [-0.2, -0.15) is 0 Å². The molecule has 116 valence electrons. The van der Waals surface area contributed by atoms with Gasteiger partial charge in [0, 0.05) is 19.1 Å². The van der Waals surface area contributed by atoms with Crippen LogP contribution in [0.25, 0.3) is 0 Å². The molecule has 3 nitrogen and oxygen atoms in total. The Kier molecular flexibility index (Phi) is 4.69. The number of hydrogen-bond donors (Lipinski definition) is 1. The van der Waals surface area contributed by atoms with Crippen molar-refractivity contribution in [3.05, 3.63) is 23.8 Å². The highest BCUT2D eigenvalue weighted by atomic mass is 16.5. The molecule has 2 aliphatic rings. The van der Waals surface area contributed by atoms with E-state index in [4.69, 9.17) is 10.5 Å². The molecule has 1 unspecified atom stereocenters. The van der Waals surface area contributed by atoms with Crippen LogP contribution in [0.4, 0.5) is 5.69 Å². The molecule has 1 heterocycles. The van der Waals surface area contributed by atoms with E-state index in [0.717, 1.165) is 37.8 Å². The zero-order chi connectivity index (χ0) is 14.7. The molecule has 1 aromatic rings. The second kappa shape index (κ2) is 6.69. The molecule has 3 heteroatoms. The van der Waals surface area contributed by atoms with Gasteiger partial charge in [0.1, 0.15) is 5.75 Å². The first-order chi connectivity index (χ1) is 10.2. The maximum absolute atomic E-state index is 6.18. The van der Waals surface area contributed by atoms with E-state index in [1.165, 1.54) is 43.4 Å². The summed E-state index contributed by atoms with van der Waals surface area (Å²) in [6.45, 7) is 5.06. The molecule has 1 atom stereocenters. The average Bonchev–Trinajstić information content (AvgIpc) is 2.99. The third-order valence-corrected chi connectivity index (χ3v) is 4.86. The minimum absolute atomic E-state index is 0.293. The molecule has 3 rings (SSSR count). The van der Waals surface area contributed by atoms with Crippen LogP contribution in [-0.2, 0) is 0 Å². The smallest absolute Gasteiger partial charge is 0.142 e. The van der Waals surface area contributed by atoms with Crippen molar-refractivity contribution in [3.8, 4) is 5.75 Å². The topological polar surface area (TPSA) is 38.5 Å². The molecule has 1 aliphatic heterocycles. The van der Waals surface area contributed by atoms with Crippen LogP contribution in [0.3, 0.4) is 0 Å². The Morgan fingerprint density at radius 1 is 1.19 bits per heavy atom. The molecule has 2 N–H and O–H groups in total.